The fourth-order valence-electron chi connectivity index (χ4n) is 3.00. The zero-order valence-corrected chi connectivity index (χ0v) is 15.0. The molecule has 0 aromatic heterocycles. The van der Waals surface area contributed by atoms with Crippen molar-refractivity contribution in [1.29, 1.82) is 0 Å². The molecule has 0 atom stereocenters. The number of anilines is 1. The molecule has 132 valence electrons. The number of aryl methyl sites for hydroxylation is 2. The molecule has 0 bridgehead atoms. The summed E-state index contributed by atoms with van der Waals surface area (Å²) in [6.07, 6.45) is 0.833. The van der Waals surface area contributed by atoms with E-state index in [-0.39, 0.29) is 5.91 Å². The number of carbonyl (C=O) groups excluding carboxylic acids is 1. The summed E-state index contributed by atoms with van der Waals surface area (Å²) in [5.74, 6) is -0.00645. The number of ether oxygens (including phenoxy) is 1. The minimum absolute atomic E-state index is 0.00645. The van der Waals surface area contributed by atoms with E-state index in [0.717, 1.165) is 43.9 Å². The number of rotatable bonds is 5. The molecule has 3 rings (SSSR count). The fraction of sp³-hybridized carbons (Fsp3) is 0.381. The van der Waals surface area contributed by atoms with Crippen molar-refractivity contribution in [3.05, 3.63) is 64.7 Å². The molecule has 4 nitrogen and oxygen atoms in total. The van der Waals surface area contributed by atoms with E-state index in [0.29, 0.717) is 6.54 Å². The predicted octanol–water partition coefficient (Wildman–Crippen LogP) is 3.11. The summed E-state index contributed by atoms with van der Waals surface area (Å²) in [5, 5.41) is 3.01. The van der Waals surface area contributed by atoms with Gasteiger partial charge in [0.25, 0.3) is 5.91 Å². The highest BCUT2D eigenvalue weighted by atomic mass is 16.5. The summed E-state index contributed by atoms with van der Waals surface area (Å²) in [7, 11) is 0. The van der Waals surface area contributed by atoms with Crippen LogP contribution in [0.15, 0.2) is 42.5 Å². The molecule has 0 aliphatic carbocycles. The Morgan fingerprint density at radius 1 is 1.04 bits per heavy atom. The van der Waals surface area contributed by atoms with Crippen LogP contribution in [0.25, 0.3) is 0 Å². The number of carbonyl (C=O) groups is 1. The SMILES string of the molecule is Cc1ccc(C(=O)NCCc2ccc(N3CCOCC3)cc2)cc1C. The van der Waals surface area contributed by atoms with Gasteiger partial charge in [-0.2, -0.15) is 0 Å². The number of benzene rings is 2. The van der Waals surface area contributed by atoms with Crippen molar-refractivity contribution in [1.82, 2.24) is 5.32 Å². The quantitative estimate of drug-likeness (QED) is 0.911. The van der Waals surface area contributed by atoms with Crippen molar-refractivity contribution in [2.24, 2.45) is 0 Å². The Kier molecular flexibility index (Phi) is 5.71. The third-order valence-corrected chi connectivity index (χ3v) is 4.78. The summed E-state index contributed by atoms with van der Waals surface area (Å²) < 4.78 is 5.39. The number of hydrogen-bond donors (Lipinski definition) is 1. The Labute approximate surface area is 149 Å². The number of amides is 1. The molecule has 1 aliphatic heterocycles. The number of nitrogens with zero attached hydrogens (tertiary/aromatic N) is 1. The van der Waals surface area contributed by atoms with E-state index in [9.17, 15) is 4.79 Å². The molecule has 2 aromatic rings. The minimum atomic E-state index is -0.00645. The second-order valence-corrected chi connectivity index (χ2v) is 6.57. The fourth-order valence-corrected chi connectivity index (χ4v) is 3.00. The average Bonchev–Trinajstić information content (AvgIpc) is 2.65. The van der Waals surface area contributed by atoms with Crippen molar-refractivity contribution in [3.8, 4) is 0 Å². The second kappa shape index (κ2) is 8.17. The lowest BCUT2D eigenvalue weighted by Gasteiger charge is -2.28. The minimum Gasteiger partial charge on any atom is -0.378 e. The predicted molar refractivity (Wildman–Crippen MR) is 101 cm³/mol. The molecule has 0 spiro atoms. The van der Waals surface area contributed by atoms with Gasteiger partial charge >= 0.3 is 0 Å². The third kappa shape index (κ3) is 4.60. The topological polar surface area (TPSA) is 41.6 Å². The number of morpholine rings is 1. The Morgan fingerprint density at radius 2 is 1.76 bits per heavy atom. The van der Waals surface area contributed by atoms with Gasteiger partial charge in [0.05, 0.1) is 13.2 Å². The first-order chi connectivity index (χ1) is 12.1. The molecule has 0 radical (unpaired) electrons. The Bertz CT molecular complexity index is 719. The van der Waals surface area contributed by atoms with Crippen molar-refractivity contribution in [3.63, 3.8) is 0 Å². The first kappa shape index (κ1) is 17.5. The second-order valence-electron chi connectivity index (χ2n) is 6.57. The standard InChI is InChI=1S/C21H26N2O2/c1-16-3-6-19(15-17(16)2)21(24)22-10-9-18-4-7-20(8-5-18)23-11-13-25-14-12-23/h3-8,15H,9-14H2,1-2H3,(H,22,24). The first-order valence-electron chi connectivity index (χ1n) is 8.90. The lowest BCUT2D eigenvalue weighted by molar-refractivity contribution is 0.0954. The van der Waals surface area contributed by atoms with Crippen LogP contribution >= 0.6 is 0 Å². The van der Waals surface area contributed by atoms with Gasteiger partial charge in [-0.05, 0) is 61.2 Å². The van der Waals surface area contributed by atoms with Crippen LogP contribution in [0.2, 0.25) is 0 Å². The summed E-state index contributed by atoms with van der Waals surface area (Å²) >= 11 is 0. The van der Waals surface area contributed by atoms with Gasteiger partial charge in [0, 0.05) is 30.9 Å². The highest BCUT2D eigenvalue weighted by molar-refractivity contribution is 5.94. The van der Waals surface area contributed by atoms with Crippen molar-refractivity contribution in [2.75, 3.05) is 37.7 Å². The van der Waals surface area contributed by atoms with Crippen molar-refractivity contribution < 1.29 is 9.53 Å². The lowest BCUT2D eigenvalue weighted by Crippen LogP contribution is -2.36. The van der Waals surface area contributed by atoms with Crippen LogP contribution in [0.1, 0.15) is 27.0 Å². The van der Waals surface area contributed by atoms with E-state index in [1.807, 2.05) is 25.1 Å². The lowest BCUT2D eigenvalue weighted by atomic mass is 10.1. The summed E-state index contributed by atoms with van der Waals surface area (Å²) in [6.45, 7) is 8.22. The van der Waals surface area contributed by atoms with Crippen LogP contribution < -0.4 is 10.2 Å². The van der Waals surface area contributed by atoms with Gasteiger partial charge in [-0.1, -0.05) is 18.2 Å². The maximum atomic E-state index is 12.2. The van der Waals surface area contributed by atoms with E-state index < -0.39 is 0 Å². The van der Waals surface area contributed by atoms with Crippen molar-refractivity contribution >= 4 is 11.6 Å². The maximum absolute atomic E-state index is 12.2. The van der Waals surface area contributed by atoms with Crippen molar-refractivity contribution in [2.45, 2.75) is 20.3 Å². The molecular weight excluding hydrogens is 312 g/mol. The Morgan fingerprint density at radius 3 is 2.44 bits per heavy atom. The normalized spacial score (nSPS) is 14.4. The van der Waals surface area contributed by atoms with Crippen LogP contribution in [-0.2, 0) is 11.2 Å². The largest absolute Gasteiger partial charge is 0.378 e. The molecule has 1 aliphatic rings. The third-order valence-electron chi connectivity index (χ3n) is 4.78. The molecule has 1 saturated heterocycles. The van der Waals surface area contributed by atoms with Gasteiger partial charge in [0.15, 0.2) is 0 Å². The smallest absolute Gasteiger partial charge is 0.251 e. The average molecular weight is 338 g/mol. The van der Waals surface area contributed by atoms with E-state index in [1.165, 1.54) is 16.8 Å². The van der Waals surface area contributed by atoms with Gasteiger partial charge in [-0.3, -0.25) is 4.79 Å². The van der Waals surface area contributed by atoms with Gasteiger partial charge < -0.3 is 15.0 Å². The summed E-state index contributed by atoms with van der Waals surface area (Å²) in [5.41, 5.74) is 5.55. The van der Waals surface area contributed by atoms with Gasteiger partial charge in [-0.15, -0.1) is 0 Å². The highest BCUT2D eigenvalue weighted by Gasteiger charge is 2.11. The maximum Gasteiger partial charge on any atom is 0.251 e. The molecular formula is C21H26N2O2. The van der Waals surface area contributed by atoms with E-state index in [1.54, 1.807) is 0 Å². The Hall–Kier alpha value is -2.33. The number of hydrogen-bond acceptors (Lipinski definition) is 3. The van der Waals surface area contributed by atoms with Crippen LogP contribution in [0.4, 0.5) is 5.69 Å². The summed E-state index contributed by atoms with van der Waals surface area (Å²) in [6, 6.07) is 14.4. The molecule has 1 heterocycles. The first-order valence-corrected chi connectivity index (χ1v) is 8.90. The molecule has 1 fully saturated rings. The highest BCUT2D eigenvalue weighted by Crippen LogP contribution is 2.17. The van der Waals surface area contributed by atoms with Crippen LogP contribution in [0, 0.1) is 13.8 Å². The van der Waals surface area contributed by atoms with Crippen LogP contribution in [-0.4, -0.2) is 38.8 Å². The molecule has 2 aromatic carbocycles. The van der Waals surface area contributed by atoms with E-state index in [4.69, 9.17) is 4.74 Å². The van der Waals surface area contributed by atoms with Gasteiger partial charge in [-0.25, -0.2) is 0 Å². The Balaban J connectivity index is 1.49. The molecule has 25 heavy (non-hydrogen) atoms. The van der Waals surface area contributed by atoms with E-state index >= 15 is 0 Å². The van der Waals surface area contributed by atoms with Crippen LogP contribution in [0.3, 0.4) is 0 Å². The monoisotopic (exact) mass is 338 g/mol. The molecule has 4 heteroatoms. The summed E-state index contributed by atoms with van der Waals surface area (Å²) in [4.78, 5) is 14.6. The molecule has 1 amide bonds. The van der Waals surface area contributed by atoms with Gasteiger partial charge in [0.2, 0.25) is 0 Å². The molecule has 1 N–H and O–H groups in total. The van der Waals surface area contributed by atoms with E-state index in [2.05, 4.69) is 41.4 Å². The molecule has 0 unspecified atom stereocenters. The van der Waals surface area contributed by atoms with Gasteiger partial charge in [0.1, 0.15) is 0 Å². The van der Waals surface area contributed by atoms with Crippen LogP contribution in [0.5, 0.6) is 0 Å². The zero-order chi connectivity index (χ0) is 17.6. The zero-order valence-electron chi connectivity index (χ0n) is 15.0. The molecule has 0 saturated carbocycles. The number of nitrogens with one attached hydrogen (secondary N) is 1.